The quantitative estimate of drug-likeness (QED) is 0.724. The van der Waals surface area contributed by atoms with Crippen LogP contribution in [-0.2, 0) is 20.8 Å². The molecule has 9 heteroatoms. The number of carbonyl (C=O) groups is 3. The predicted molar refractivity (Wildman–Crippen MR) is 92.6 cm³/mol. The third kappa shape index (κ3) is 3.41. The number of rotatable bonds is 6. The zero-order valence-electron chi connectivity index (χ0n) is 13.1. The van der Waals surface area contributed by atoms with E-state index in [0.29, 0.717) is 17.7 Å². The van der Waals surface area contributed by atoms with Crippen LogP contribution in [0.3, 0.4) is 0 Å². The Hall–Kier alpha value is -2.31. The molecule has 2 aliphatic rings. The molecule has 2 amide bonds. The standard InChI is InChI=1S/C16H15N3O4S2/c17-5-1-3-9-8-25-15-12(14(21)19(15)13(9)16(22)23)18-11(20)7-10-4-2-6-24-10/h2,4,6,12,15H,1,3,7-8H2,(H,18,20)(H,22,23)/t12-,15-/m1/s1. The van der Waals surface area contributed by atoms with Gasteiger partial charge in [-0.2, -0.15) is 5.26 Å². The molecular formula is C16H15N3O4S2. The van der Waals surface area contributed by atoms with Gasteiger partial charge in [0.15, 0.2) is 0 Å². The average molecular weight is 377 g/mol. The molecule has 2 aliphatic heterocycles. The third-order valence-corrected chi connectivity index (χ3v) is 6.24. The third-order valence-electron chi connectivity index (χ3n) is 4.02. The van der Waals surface area contributed by atoms with E-state index in [1.54, 1.807) is 0 Å². The van der Waals surface area contributed by atoms with Crippen LogP contribution in [0.15, 0.2) is 28.8 Å². The molecule has 1 saturated heterocycles. The Morgan fingerprint density at radius 2 is 2.28 bits per heavy atom. The van der Waals surface area contributed by atoms with E-state index in [1.165, 1.54) is 28.0 Å². The largest absolute Gasteiger partial charge is 0.477 e. The van der Waals surface area contributed by atoms with Crippen LogP contribution in [0.5, 0.6) is 0 Å². The number of fused-ring (bicyclic) bond motifs is 1. The molecule has 1 aromatic rings. The summed E-state index contributed by atoms with van der Waals surface area (Å²) in [5.74, 6) is -1.40. The van der Waals surface area contributed by atoms with E-state index < -0.39 is 23.3 Å². The highest BCUT2D eigenvalue weighted by atomic mass is 32.2. The van der Waals surface area contributed by atoms with Gasteiger partial charge in [0.25, 0.3) is 5.91 Å². The Morgan fingerprint density at radius 3 is 2.92 bits per heavy atom. The lowest BCUT2D eigenvalue weighted by molar-refractivity contribution is -0.150. The number of carbonyl (C=O) groups excluding carboxylic acids is 2. The molecule has 3 rings (SSSR count). The second kappa shape index (κ2) is 7.29. The number of β-lactam (4-membered cyclic amide) rings is 1. The van der Waals surface area contributed by atoms with Gasteiger partial charge in [-0.1, -0.05) is 6.07 Å². The molecule has 7 nitrogen and oxygen atoms in total. The van der Waals surface area contributed by atoms with Crippen LogP contribution in [0.1, 0.15) is 17.7 Å². The second-order valence-corrected chi connectivity index (χ2v) is 7.76. The molecule has 2 atom stereocenters. The van der Waals surface area contributed by atoms with Crippen molar-refractivity contribution in [3.05, 3.63) is 33.7 Å². The lowest BCUT2D eigenvalue weighted by Crippen LogP contribution is -2.70. The Morgan fingerprint density at radius 1 is 1.48 bits per heavy atom. The number of aliphatic carboxylic acids is 1. The predicted octanol–water partition coefficient (Wildman–Crippen LogP) is 1.33. The van der Waals surface area contributed by atoms with Gasteiger partial charge in [-0.15, -0.1) is 23.1 Å². The van der Waals surface area contributed by atoms with Gasteiger partial charge in [0.2, 0.25) is 5.91 Å². The van der Waals surface area contributed by atoms with Crippen molar-refractivity contribution in [2.75, 3.05) is 5.75 Å². The van der Waals surface area contributed by atoms with Gasteiger partial charge >= 0.3 is 5.97 Å². The molecule has 0 aliphatic carbocycles. The van der Waals surface area contributed by atoms with Crippen LogP contribution in [-0.4, -0.2) is 45.0 Å². The lowest BCUT2D eigenvalue weighted by atomic mass is 10.0. The number of carboxylic acids is 1. The first-order chi connectivity index (χ1) is 12.0. The van der Waals surface area contributed by atoms with Crippen LogP contribution >= 0.6 is 23.1 Å². The number of thioether (sulfide) groups is 1. The molecule has 1 fully saturated rings. The fourth-order valence-electron chi connectivity index (χ4n) is 2.88. The van der Waals surface area contributed by atoms with Gasteiger partial charge in [-0.3, -0.25) is 14.5 Å². The van der Waals surface area contributed by atoms with Crippen molar-refractivity contribution in [1.29, 1.82) is 5.26 Å². The van der Waals surface area contributed by atoms with E-state index in [-0.39, 0.29) is 24.4 Å². The van der Waals surface area contributed by atoms with E-state index >= 15 is 0 Å². The fourth-order valence-corrected chi connectivity index (χ4v) is 4.97. The van der Waals surface area contributed by atoms with Crippen LogP contribution in [0.25, 0.3) is 0 Å². The Kier molecular flexibility index (Phi) is 5.11. The highest BCUT2D eigenvalue weighted by molar-refractivity contribution is 8.00. The summed E-state index contributed by atoms with van der Waals surface area (Å²) < 4.78 is 0. The maximum Gasteiger partial charge on any atom is 0.352 e. The normalized spacial score (nSPS) is 22.0. The van der Waals surface area contributed by atoms with E-state index in [1.807, 2.05) is 23.6 Å². The molecule has 25 heavy (non-hydrogen) atoms. The van der Waals surface area contributed by atoms with E-state index in [4.69, 9.17) is 5.26 Å². The Balaban J connectivity index is 1.70. The van der Waals surface area contributed by atoms with Crippen molar-refractivity contribution in [2.24, 2.45) is 0 Å². The van der Waals surface area contributed by atoms with Crippen LogP contribution < -0.4 is 5.32 Å². The number of hydrogen-bond acceptors (Lipinski definition) is 6. The summed E-state index contributed by atoms with van der Waals surface area (Å²) in [4.78, 5) is 38.2. The van der Waals surface area contributed by atoms with Crippen molar-refractivity contribution < 1.29 is 19.5 Å². The van der Waals surface area contributed by atoms with Gasteiger partial charge < -0.3 is 10.4 Å². The first-order valence-corrected chi connectivity index (χ1v) is 9.54. The average Bonchev–Trinajstić information content (AvgIpc) is 3.09. The van der Waals surface area contributed by atoms with E-state index in [9.17, 15) is 19.5 Å². The maximum absolute atomic E-state index is 12.4. The molecule has 0 saturated carbocycles. The topological polar surface area (TPSA) is 110 Å². The first kappa shape index (κ1) is 17.5. The number of thiophene rings is 1. The molecule has 3 heterocycles. The van der Waals surface area contributed by atoms with Crippen molar-refractivity contribution in [3.8, 4) is 6.07 Å². The highest BCUT2D eigenvalue weighted by Crippen LogP contribution is 2.41. The van der Waals surface area contributed by atoms with Crippen LogP contribution in [0.2, 0.25) is 0 Å². The minimum absolute atomic E-state index is 0.0345. The summed E-state index contributed by atoms with van der Waals surface area (Å²) in [6, 6.07) is 4.99. The molecule has 1 aromatic heterocycles. The number of carboxylic acid groups (broad SMARTS) is 1. The van der Waals surface area contributed by atoms with E-state index in [2.05, 4.69) is 5.32 Å². The summed E-state index contributed by atoms with van der Waals surface area (Å²) in [5.41, 5.74) is 0.555. The minimum atomic E-state index is -1.17. The monoisotopic (exact) mass is 377 g/mol. The first-order valence-electron chi connectivity index (χ1n) is 7.61. The molecule has 0 bridgehead atoms. The fraction of sp³-hybridized carbons (Fsp3) is 0.375. The van der Waals surface area contributed by atoms with Crippen LogP contribution in [0, 0.1) is 11.3 Å². The summed E-state index contributed by atoms with van der Waals surface area (Å²) in [6.07, 6.45) is 0.741. The van der Waals surface area contributed by atoms with Gasteiger partial charge in [0.05, 0.1) is 12.5 Å². The molecule has 0 spiro atoms. The number of nitriles is 1. The molecule has 0 aromatic carbocycles. The van der Waals surface area contributed by atoms with Crippen LogP contribution in [0.4, 0.5) is 0 Å². The number of hydrogen-bond donors (Lipinski definition) is 2. The van der Waals surface area contributed by atoms with Crippen molar-refractivity contribution >= 4 is 40.9 Å². The lowest BCUT2D eigenvalue weighted by Gasteiger charge is -2.49. The smallest absolute Gasteiger partial charge is 0.352 e. The van der Waals surface area contributed by atoms with Gasteiger partial charge in [-0.25, -0.2) is 4.79 Å². The molecule has 130 valence electrons. The molecular weight excluding hydrogens is 362 g/mol. The van der Waals surface area contributed by atoms with Gasteiger partial charge in [-0.05, 0) is 23.4 Å². The highest BCUT2D eigenvalue weighted by Gasteiger charge is 2.53. The number of nitrogens with zero attached hydrogens (tertiary/aromatic N) is 2. The second-order valence-electron chi connectivity index (χ2n) is 5.63. The van der Waals surface area contributed by atoms with Crippen molar-refractivity contribution in [1.82, 2.24) is 10.2 Å². The zero-order chi connectivity index (χ0) is 18.0. The minimum Gasteiger partial charge on any atom is -0.477 e. The molecule has 0 radical (unpaired) electrons. The van der Waals surface area contributed by atoms with Gasteiger partial charge in [0, 0.05) is 17.1 Å². The number of nitrogens with one attached hydrogen (secondary N) is 1. The zero-order valence-corrected chi connectivity index (χ0v) is 14.7. The summed E-state index contributed by atoms with van der Waals surface area (Å²) >= 11 is 2.88. The number of amides is 2. The Bertz CT molecular complexity index is 782. The maximum atomic E-state index is 12.4. The summed E-state index contributed by atoms with van der Waals surface area (Å²) in [6.45, 7) is 0. The summed E-state index contributed by atoms with van der Waals surface area (Å²) in [7, 11) is 0. The Labute approximate surface area is 152 Å². The van der Waals surface area contributed by atoms with Crippen molar-refractivity contribution in [3.63, 3.8) is 0 Å². The SMILES string of the molecule is N#CCCC1=C(C(=O)O)N2C(=O)[C@@H](NC(=O)Cc3cccs3)[C@H]2SC1. The summed E-state index contributed by atoms with van der Waals surface area (Å²) in [5, 5.41) is 22.3. The van der Waals surface area contributed by atoms with E-state index in [0.717, 1.165) is 4.88 Å². The molecule has 0 unspecified atom stereocenters. The van der Waals surface area contributed by atoms with Gasteiger partial charge in [0.1, 0.15) is 17.1 Å². The van der Waals surface area contributed by atoms with Crippen molar-refractivity contribution in [2.45, 2.75) is 30.7 Å². The molecule has 2 N–H and O–H groups in total.